The first kappa shape index (κ1) is 15.4. The quantitative estimate of drug-likeness (QED) is 0.765. The molecular formula is C14H22N2O3. The van der Waals surface area contributed by atoms with Crippen LogP contribution in [-0.2, 0) is 4.74 Å². The van der Waals surface area contributed by atoms with Crippen molar-refractivity contribution in [2.24, 2.45) is 0 Å². The molecule has 106 valence electrons. The Kier molecular flexibility index (Phi) is 5.30. The van der Waals surface area contributed by atoms with E-state index in [1.54, 1.807) is 26.2 Å². The van der Waals surface area contributed by atoms with E-state index in [0.717, 1.165) is 0 Å². The van der Waals surface area contributed by atoms with Crippen LogP contribution in [0, 0.1) is 0 Å². The SMILES string of the molecule is CN(C)C(=O)c1ccc(OCCOC(C)(C)C)nc1. The average Bonchev–Trinajstić information content (AvgIpc) is 2.33. The Morgan fingerprint density at radius 1 is 1.26 bits per heavy atom. The summed E-state index contributed by atoms with van der Waals surface area (Å²) in [5.41, 5.74) is 0.377. The smallest absolute Gasteiger partial charge is 0.254 e. The summed E-state index contributed by atoms with van der Waals surface area (Å²) in [5, 5.41) is 0. The van der Waals surface area contributed by atoms with Crippen LogP contribution in [0.15, 0.2) is 18.3 Å². The van der Waals surface area contributed by atoms with Gasteiger partial charge in [0.15, 0.2) is 0 Å². The number of rotatable bonds is 5. The maximum Gasteiger partial charge on any atom is 0.254 e. The first-order valence-electron chi connectivity index (χ1n) is 6.24. The number of pyridine rings is 1. The molecular weight excluding hydrogens is 244 g/mol. The van der Waals surface area contributed by atoms with Crippen LogP contribution in [-0.4, -0.2) is 48.7 Å². The molecule has 1 heterocycles. The molecule has 5 heteroatoms. The van der Waals surface area contributed by atoms with Gasteiger partial charge in [-0.15, -0.1) is 0 Å². The highest BCUT2D eigenvalue weighted by Gasteiger charge is 2.10. The standard InChI is InChI=1S/C14H22N2O3/c1-14(2,3)19-9-8-18-12-7-6-11(10-15-12)13(17)16(4)5/h6-7,10H,8-9H2,1-5H3. The highest BCUT2D eigenvalue weighted by atomic mass is 16.5. The van der Waals surface area contributed by atoms with Crippen molar-refractivity contribution in [1.29, 1.82) is 0 Å². The lowest BCUT2D eigenvalue weighted by Crippen LogP contribution is -2.23. The van der Waals surface area contributed by atoms with Crippen molar-refractivity contribution in [3.8, 4) is 5.88 Å². The minimum atomic E-state index is -0.168. The van der Waals surface area contributed by atoms with E-state index in [-0.39, 0.29) is 11.5 Å². The summed E-state index contributed by atoms with van der Waals surface area (Å²) in [4.78, 5) is 17.3. The van der Waals surface area contributed by atoms with E-state index in [9.17, 15) is 4.79 Å². The third kappa shape index (κ3) is 5.70. The number of hydrogen-bond acceptors (Lipinski definition) is 4. The first-order chi connectivity index (χ1) is 8.79. The Bertz CT molecular complexity index is 408. The van der Waals surface area contributed by atoms with Gasteiger partial charge in [0.1, 0.15) is 6.61 Å². The monoisotopic (exact) mass is 266 g/mol. The van der Waals surface area contributed by atoms with Crippen LogP contribution in [0.4, 0.5) is 0 Å². The summed E-state index contributed by atoms with van der Waals surface area (Å²) < 4.78 is 11.0. The normalized spacial score (nSPS) is 11.2. The van der Waals surface area contributed by atoms with Crippen molar-refractivity contribution in [3.63, 3.8) is 0 Å². The predicted octanol–water partition coefficient (Wildman–Crippen LogP) is 1.98. The minimum absolute atomic E-state index is 0.0740. The number of carbonyl (C=O) groups is 1. The molecule has 0 aliphatic rings. The van der Waals surface area contributed by atoms with E-state index in [4.69, 9.17) is 9.47 Å². The van der Waals surface area contributed by atoms with E-state index in [2.05, 4.69) is 4.98 Å². The zero-order valence-electron chi connectivity index (χ0n) is 12.3. The molecule has 1 aromatic heterocycles. The van der Waals surface area contributed by atoms with Gasteiger partial charge in [-0.2, -0.15) is 0 Å². The number of aromatic nitrogens is 1. The molecule has 0 saturated heterocycles. The van der Waals surface area contributed by atoms with Gasteiger partial charge in [0, 0.05) is 26.4 Å². The van der Waals surface area contributed by atoms with E-state index < -0.39 is 0 Å². The molecule has 19 heavy (non-hydrogen) atoms. The van der Waals surface area contributed by atoms with Crippen molar-refractivity contribution in [1.82, 2.24) is 9.88 Å². The van der Waals surface area contributed by atoms with E-state index in [0.29, 0.717) is 24.7 Å². The molecule has 0 aliphatic carbocycles. The maximum absolute atomic E-state index is 11.7. The molecule has 0 atom stereocenters. The van der Waals surface area contributed by atoms with Gasteiger partial charge in [-0.3, -0.25) is 4.79 Å². The molecule has 0 aliphatic heterocycles. The Hall–Kier alpha value is -1.62. The zero-order chi connectivity index (χ0) is 14.5. The molecule has 5 nitrogen and oxygen atoms in total. The van der Waals surface area contributed by atoms with Crippen molar-refractivity contribution in [3.05, 3.63) is 23.9 Å². The molecule has 1 aromatic rings. The lowest BCUT2D eigenvalue weighted by Gasteiger charge is -2.19. The summed E-state index contributed by atoms with van der Waals surface area (Å²) in [6, 6.07) is 3.39. The fourth-order valence-electron chi connectivity index (χ4n) is 1.34. The number of ether oxygens (including phenoxy) is 2. The maximum atomic E-state index is 11.7. The lowest BCUT2D eigenvalue weighted by molar-refractivity contribution is -0.0168. The molecule has 0 unspecified atom stereocenters. The fraction of sp³-hybridized carbons (Fsp3) is 0.571. The van der Waals surface area contributed by atoms with Crippen molar-refractivity contribution in [2.75, 3.05) is 27.3 Å². The van der Waals surface area contributed by atoms with Crippen molar-refractivity contribution in [2.45, 2.75) is 26.4 Å². The van der Waals surface area contributed by atoms with Gasteiger partial charge in [0.2, 0.25) is 5.88 Å². The minimum Gasteiger partial charge on any atom is -0.475 e. The topological polar surface area (TPSA) is 51.7 Å². The first-order valence-corrected chi connectivity index (χ1v) is 6.24. The highest BCUT2D eigenvalue weighted by molar-refractivity contribution is 5.93. The van der Waals surface area contributed by atoms with Crippen LogP contribution in [0.25, 0.3) is 0 Å². The van der Waals surface area contributed by atoms with Gasteiger partial charge in [0.05, 0.1) is 17.8 Å². The average molecular weight is 266 g/mol. The second kappa shape index (κ2) is 6.52. The number of carbonyl (C=O) groups excluding carboxylic acids is 1. The Morgan fingerprint density at radius 2 is 1.95 bits per heavy atom. The van der Waals surface area contributed by atoms with Crippen LogP contribution >= 0.6 is 0 Å². The molecule has 0 aromatic carbocycles. The summed E-state index contributed by atoms with van der Waals surface area (Å²) in [5.74, 6) is 0.419. The zero-order valence-corrected chi connectivity index (χ0v) is 12.3. The van der Waals surface area contributed by atoms with Gasteiger partial charge in [-0.25, -0.2) is 4.98 Å². The third-order valence-electron chi connectivity index (χ3n) is 2.26. The number of amides is 1. The fourth-order valence-corrected chi connectivity index (χ4v) is 1.34. The van der Waals surface area contributed by atoms with E-state index in [1.165, 1.54) is 11.1 Å². The van der Waals surface area contributed by atoms with Crippen molar-refractivity contribution >= 4 is 5.91 Å². The second-order valence-electron chi connectivity index (χ2n) is 5.39. The summed E-state index contributed by atoms with van der Waals surface area (Å²) in [6.07, 6.45) is 1.52. The molecule has 1 amide bonds. The van der Waals surface area contributed by atoms with Crippen LogP contribution in [0.5, 0.6) is 5.88 Å². The molecule has 0 N–H and O–H groups in total. The second-order valence-corrected chi connectivity index (χ2v) is 5.39. The van der Waals surface area contributed by atoms with Crippen LogP contribution in [0.1, 0.15) is 31.1 Å². The van der Waals surface area contributed by atoms with Gasteiger partial charge in [-0.05, 0) is 26.8 Å². The summed E-state index contributed by atoms with van der Waals surface area (Å²) in [6.45, 7) is 6.92. The van der Waals surface area contributed by atoms with Crippen LogP contribution in [0.2, 0.25) is 0 Å². The largest absolute Gasteiger partial charge is 0.475 e. The van der Waals surface area contributed by atoms with Gasteiger partial charge < -0.3 is 14.4 Å². The molecule has 0 bridgehead atoms. The van der Waals surface area contributed by atoms with E-state index >= 15 is 0 Å². The van der Waals surface area contributed by atoms with Crippen LogP contribution in [0.3, 0.4) is 0 Å². The lowest BCUT2D eigenvalue weighted by atomic mass is 10.2. The summed E-state index contributed by atoms with van der Waals surface area (Å²) in [7, 11) is 3.41. The molecule has 1 rings (SSSR count). The number of nitrogens with zero attached hydrogens (tertiary/aromatic N) is 2. The third-order valence-corrected chi connectivity index (χ3v) is 2.26. The van der Waals surface area contributed by atoms with Gasteiger partial charge >= 0.3 is 0 Å². The molecule has 0 saturated carbocycles. The molecule has 0 fully saturated rings. The Balaban J connectivity index is 2.43. The Labute approximate surface area is 114 Å². The predicted molar refractivity (Wildman–Crippen MR) is 73.5 cm³/mol. The van der Waals surface area contributed by atoms with Crippen molar-refractivity contribution < 1.29 is 14.3 Å². The van der Waals surface area contributed by atoms with Gasteiger partial charge in [0.25, 0.3) is 5.91 Å². The molecule has 0 spiro atoms. The van der Waals surface area contributed by atoms with E-state index in [1.807, 2.05) is 20.8 Å². The Morgan fingerprint density at radius 3 is 2.42 bits per heavy atom. The van der Waals surface area contributed by atoms with Crippen LogP contribution < -0.4 is 4.74 Å². The number of hydrogen-bond donors (Lipinski definition) is 0. The highest BCUT2D eigenvalue weighted by Crippen LogP contribution is 2.10. The van der Waals surface area contributed by atoms with Gasteiger partial charge in [-0.1, -0.05) is 0 Å². The molecule has 0 radical (unpaired) electrons. The summed E-state index contributed by atoms with van der Waals surface area (Å²) >= 11 is 0.